The number of phenols is 3. The first-order chi connectivity index (χ1) is 58.5. The van der Waals surface area contributed by atoms with E-state index in [1.807, 2.05) is 13.8 Å². The minimum absolute atomic E-state index is 0.0529. The van der Waals surface area contributed by atoms with Gasteiger partial charge in [0, 0.05) is 47.3 Å². The normalized spacial score (nSPS) is 30.6. The predicted molar refractivity (Wildman–Crippen MR) is 435 cm³/mol. The van der Waals surface area contributed by atoms with Crippen LogP contribution in [0.2, 0.25) is 10.0 Å². The molecule has 11 aliphatic rings. The van der Waals surface area contributed by atoms with E-state index in [1.165, 1.54) is 69.4 Å². The highest BCUT2D eigenvalue weighted by atomic mass is 35.5. The van der Waals surface area contributed by atoms with Crippen molar-refractivity contribution in [2.24, 2.45) is 41.1 Å². The lowest BCUT2D eigenvalue weighted by Gasteiger charge is -2.54. The average molecular weight is 1750 g/mol. The number of carbonyl (C=O) groups is 9. The monoisotopic (exact) mass is 1740 g/mol. The number of rotatable bonds is 18. The number of nitrogens with one attached hydrogen (secondary N) is 9. The minimum Gasteiger partial charge on any atom is -0.508 e. The summed E-state index contributed by atoms with van der Waals surface area (Å²) in [4.78, 5) is 139. The summed E-state index contributed by atoms with van der Waals surface area (Å²) in [6, 6.07) is 5.19. The molecule has 0 spiro atoms. The first-order valence-electron chi connectivity index (χ1n) is 40.6. The summed E-state index contributed by atoms with van der Waals surface area (Å²) >= 11 is 14.5. The second-order valence-electron chi connectivity index (χ2n) is 33.4. The number of phenolic OH excluding ortho intramolecular Hbond substituents is 3. The van der Waals surface area contributed by atoms with Gasteiger partial charge in [-0.3, -0.25) is 48.5 Å². The van der Waals surface area contributed by atoms with Gasteiger partial charge in [-0.2, -0.15) is 0 Å². The standard InChI is InChI=1S/C85H99Cl2N11O25/c1-34(2)18-51(90-5)77(110)97-67-69(104)40-9-14-55(49(86)25-40)119-57-27-44-28-58(73(57)123-84-74(72(107)71(106)59(33-99)121-84)122-61-32-85(4,89)75(108)35(3)118-61)120-56-15-10-41(26-50(56)87)70(105)68-83(116)96-66(81(114)93-63-42-20-36-19-37(22-42)23-43(63)21-36)48-29-45(100)30-54(102)62(48)47-24-39(8-13-53(47)101)64(79(112)98-68)95-80(113)65(44)94-78(111)52(91-82(67)115)31-60(103)92-76(109)38-6-11-46(12-7-38)117-17-16-88/h6-15,24-30,34-37,42-43,51-52,59,61,63-72,74-75,84,90,99-102,104-108H,16-23,31-33,88-89H2,1-5H3,(H,91,115)(H,93,114)(H,94,111)(H,95,113)(H,96,116)(H,97,110)(H,98,112)(H,92,103,109)/t35-,36?,37?,42?,43?,51+,52-,59+,61-,63?,64+,65+,66-,67+,68-,69+,70+,71+,72-,74+,75+,84-,85-/m0/s1. The van der Waals surface area contributed by atoms with Gasteiger partial charge in [0.15, 0.2) is 23.9 Å². The number of ether oxygens (including phenoxy) is 7. The number of benzene rings is 6. The zero-order chi connectivity index (χ0) is 88.1. The Labute approximate surface area is 714 Å². The molecule has 658 valence electrons. The van der Waals surface area contributed by atoms with Gasteiger partial charge in [0.2, 0.25) is 59.3 Å². The van der Waals surface area contributed by atoms with Crippen molar-refractivity contribution in [2.45, 2.75) is 194 Å². The minimum atomic E-state index is -2.42. The van der Waals surface area contributed by atoms with E-state index < -0.39 is 227 Å². The van der Waals surface area contributed by atoms with Crippen molar-refractivity contribution in [3.05, 3.63) is 147 Å². The van der Waals surface area contributed by atoms with Crippen LogP contribution in [-0.4, -0.2) is 211 Å². The molecule has 9 amide bonds. The molecule has 0 radical (unpaired) electrons. The van der Waals surface area contributed by atoms with Gasteiger partial charge in [-0.15, -0.1) is 0 Å². The quantitative estimate of drug-likeness (QED) is 0.0588. The number of hydrogen-bond donors (Lipinski definition) is 20. The Kier molecular flexibility index (Phi) is 26.5. The number of aliphatic hydroxyl groups is 6. The van der Waals surface area contributed by atoms with E-state index in [-0.39, 0.29) is 99.2 Å². The fourth-order valence-electron chi connectivity index (χ4n) is 18.0. The highest BCUT2D eigenvalue weighted by Crippen LogP contribution is 2.55. The number of amides is 9. The molecule has 0 aromatic heterocycles. The summed E-state index contributed by atoms with van der Waals surface area (Å²) in [6.07, 6.45) is -14.6. The first-order valence-corrected chi connectivity index (χ1v) is 41.3. The van der Waals surface area contributed by atoms with Crippen LogP contribution in [0.25, 0.3) is 11.1 Å². The smallest absolute Gasteiger partial charge is 0.257 e. The van der Waals surface area contributed by atoms with Crippen LogP contribution in [-0.2, 0) is 52.6 Å². The maximum Gasteiger partial charge on any atom is 0.257 e. The molecule has 22 N–H and O–H groups in total. The number of aliphatic hydroxyl groups excluding tert-OH is 6. The van der Waals surface area contributed by atoms with Crippen LogP contribution in [0.1, 0.15) is 148 Å². The van der Waals surface area contributed by atoms with Crippen LogP contribution >= 0.6 is 23.2 Å². The Morgan fingerprint density at radius 1 is 0.667 bits per heavy atom. The van der Waals surface area contributed by atoms with Crippen molar-refractivity contribution in [1.29, 1.82) is 0 Å². The third-order valence-electron chi connectivity index (χ3n) is 24.1. The van der Waals surface area contributed by atoms with Gasteiger partial charge in [0.25, 0.3) is 5.91 Å². The summed E-state index contributed by atoms with van der Waals surface area (Å²) in [5.41, 5.74) is 8.39. The highest BCUT2D eigenvalue weighted by molar-refractivity contribution is 6.32. The third-order valence-corrected chi connectivity index (χ3v) is 24.7. The van der Waals surface area contributed by atoms with Crippen LogP contribution < -0.4 is 78.3 Å². The summed E-state index contributed by atoms with van der Waals surface area (Å²) in [7, 11) is 1.47. The van der Waals surface area contributed by atoms with E-state index in [9.17, 15) is 60.3 Å². The van der Waals surface area contributed by atoms with E-state index >= 15 is 28.8 Å². The molecule has 6 aromatic carbocycles. The topological polar surface area (TPSA) is 561 Å². The lowest BCUT2D eigenvalue weighted by Crippen LogP contribution is -2.64. The van der Waals surface area contributed by atoms with E-state index in [1.54, 1.807) is 0 Å². The maximum absolute atomic E-state index is 16.6. The third kappa shape index (κ3) is 18.9. The molecule has 36 nitrogen and oxygen atoms in total. The predicted octanol–water partition coefficient (Wildman–Crippen LogP) is 2.77. The van der Waals surface area contributed by atoms with Crippen LogP contribution in [0.15, 0.2) is 103 Å². The van der Waals surface area contributed by atoms with Crippen LogP contribution in [0, 0.1) is 29.6 Å². The van der Waals surface area contributed by atoms with Crippen molar-refractivity contribution in [3.63, 3.8) is 0 Å². The summed E-state index contributed by atoms with van der Waals surface area (Å²) in [5, 5.41) is 130. The van der Waals surface area contributed by atoms with E-state index in [2.05, 4.69) is 47.9 Å². The van der Waals surface area contributed by atoms with Crippen molar-refractivity contribution in [2.75, 3.05) is 26.8 Å². The van der Waals surface area contributed by atoms with E-state index in [0.29, 0.717) is 17.6 Å². The average Bonchev–Trinajstić information content (AvgIpc) is 0.760. The highest BCUT2D eigenvalue weighted by Gasteiger charge is 2.53. The maximum atomic E-state index is 16.6. The molecule has 0 unspecified atom stereocenters. The van der Waals surface area contributed by atoms with Gasteiger partial charge in [0.05, 0.1) is 41.3 Å². The van der Waals surface area contributed by atoms with Crippen molar-refractivity contribution in [3.8, 4) is 62.9 Å². The molecule has 6 fully saturated rings. The van der Waals surface area contributed by atoms with Crippen molar-refractivity contribution in [1.82, 2.24) is 47.9 Å². The molecule has 17 rings (SSSR count). The first kappa shape index (κ1) is 88.8. The van der Waals surface area contributed by atoms with E-state index in [0.717, 1.165) is 86.7 Å². The van der Waals surface area contributed by atoms with Crippen molar-refractivity contribution < 1.29 is 122 Å². The Morgan fingerprint density at radius 2 is 1.28 bits per heavy atom. The van der Waals surface area contributed by atoms with Gasteiger partial charge in [0.1, 0.15) is 108 Å². The molecular weight excluding hydrogens is 1650 g/mol. The molecule has 38 heteroatoms. The summed E-state index contributed by atoms with van der Waals surface area (Å²) in [6.45, 7) is 5.92. The lowest BCUT2D eigenvalue weighted by atomic mass is 9.54. The van der Waals surface area contributed by atoms with E-state index in [4.69, 9.17) is 67.8 Å². The summed E-state index contributed by atoms with van der Waals surface area (Å²) in [5.74, 6) is -14.5. The number of imide groups is 1. The van der Waals surface area contributed by atoms with Crippen LogP contribution in [0.5, 0.6) is 51.7 Å². The number of fused-ring (bicyclic) bond motifs is 15. The van der Waals surface area contributed by atoms with Gasteiger partial charge in [-0.05, 0) is 196 Å². The molecule has 2 saturated heterocycles. The molecule has 4 saturated carbocycles. The number of aromatic hydroxyl groups is 3. The molecule has 4 aliphatic carbocycles. The number of carbonyl (C=O) groups excluding carboxylic acids is 9. The fourth-order valence-corrected chi connectivity index (χ4v) is 18.5. The molecule has 7 heterocycles. The lowest BCUT2D eigenvalue weighted by molar-refractivity contribution is -0.333. The second-order valence-corrected chi connectivity index (χ2v) is 34.2. The molecular formula is C85H99Cl2N11O25. The molecule has 7 aliphatic heterocycles. The molecule has 18 atom stereocenters. The molecule has 15 bridgehead atoms. The second kappa shape index (κ2) is 36.7. The Bertz CT molecular complexity index is 5040. The van der Waals surface area contributed by atoms with Gasteiger partial charge < -0.3 is 133 Å². The molecule has 123 heavy (non-hydrogen) atoms. The number of hydrogen-bond acceptors (Lipinski definition) is 28. The zero-order valence-corrected chi connectivity index (χ0v) is 68.9. The SMILES string of the molecule is CN[C@H](CC(C)C)C(=O)N[C@H]1C(=O)N[C@@H](CC(=O)NC(=O)c2ccc(OCCN)cc2)C(=O)N[C@H]2C(=O)N[C@H]3C(=O)N[C@H](C(=O)N[C@H](C(=O)NC4C5CC6CC(C5)CC4C6)c4cc(O)cc(O)c4-c4cc3ccc4O)[C@H](O)c3ccc(c(Cl)c3)Oc3cc2cc(c3O[C@@H]2O[C@H](CO)[C@@H](O)[C@H](O)[C@H]2O[C@H]2C[C@](C)(N)[C@H](O)[C@H](C)O2)Oc2ccc(cc2Cl)[C@H]1O. The fraction of sp³-hybridized carbons (Fsp3) is 0.471. The summed E-state index contributed by atoms with van der Waals surface area (Å²) < 4.78 is 44.6. The van der Waals surface area contributed by atoms with Crippen LogP contribution in [0.4, 0.5) is 0 Å². The molecule has 6 aromatic rings. The Morgan fingerprint density at radius 3 is 1.89 bits per heavy atom. The zero-order valence-electron chi connectivity index (χ0n) is 67.3. The largest absolute Gasteiger partial charge is 0.508 e. The van der Waals surface area contributed by atoms with Gasteiger partial charge >= 0.3 is 0 Å². The van der Waals surface area contributed by atoms with Gasteiger partial charge in [-0.25, -0.2) is 0 Å². The Hall–Kier alpha value is -10.6. The Balaban J connectivity index is 0.966. The van der Waals surface area contributed by atoms with Crippen molar-refractivity contribution >= 4 is 76.4 Å². The number of likely N-dealkylation sites (N-methyl/N-ethyl adjacent to an activating group) is 1. The number of nitrogens with two attached hydrogens (primary N) is 2. The van der Waals surface area contributed by atoms with Crippen LogP contribution in [0.3, 0.4) is 0 Å². The number of halogens is 2. The van der Waals surface area contributed by atoms with Gasteiger partial charge in [-0.1, -0.05) is 55.2 Å².